The third-order valence-corrected chi connectivity index (χ3v) is 8.09. The average molecular weight is 551 g/mol. The van der Waals surface area contributed by atoms with Crippen molar-refractivity contribution in [2.75, 3.05) is 20.2 Å². The van der Waals surface area contributed by atoms with E-state index in [0.717, 1.165) is 5.56 Å². The van der Waals surface area contributed by atoms with Crippen LogP contribution in [-0.4, -0.2) is 73.3 Å². The number of esters is 1. The largest absolute Gasteiger partial charge is 0.465 e. The van der Waals surface area contributed by atoms with Gasteiger partial charge in [-0.15, -0.1) is 0 Å². The Balaban J connectivity index is 1.66. The highest BCUT2D eigenvalue weighted by atomic mass is 19.3. The summed E-state index contributed by atoms with van der Waals surface area (Å²) >= 11 is 0. The van der Waals surface area contributed by atoms with Gasteiger partial charge in [-0.2, -0.15) is 0 Å². The first-order valence-electron chi connectivity index (χ1n) is 13.2. The van der Waals surface area contributed by atoms with E-state index < -0.39 is 54.2 Å². The average Bonchev–Trinajstić information content (AvgIpc) is 3.18. The summed E-state index contributed by atoms with van der Waals surface area (Å²) in [6.45, 7) is 10.0. The van der Waals surface area contributed by atoms with Crippen molar-refractivity contribution < 1.29 is 32.7 Å². The van der Waals surface area contributed by atoms with Crippen LogP contribution in [0.15, 0.2) is 24.3 Å². The molecule has 1 aliphatic carbocycles. The molecule has 1 saturated heterocycles. The van der Waals surface area contributed by atoms with E-state index in [9.17, 15) is 28.0 Å². The lowest BCUT2D eigenvalue weighted by atomic mass is 9.86. The van der Waals surface area contributed by atoms with Gasteiger partial charge in [0.05, 0.1) is 18.7 Å². The summed E-state index contributed by atoms with van der Waals surface area (Å²) in [5, 5.41) is 5.12. The summed E-state index contributed by atoms with van der Waals surface area (Å²) in [6.07, 6.45) is -3.30. The molecule has 39 heavy (non-hydrogen) atoms. The normalized spacial score (nSPS) is 23.0. The molecule has 216 valence electrons. The summed E-state index contributed by atoms with van der Waals surface area (Å²) < 4.78 is 31.4. The van der Waals surface area contributed by atoms with Crippen molar-refractivity contribution in [1.29, 1.82) is 0 Å². The number of rotatable bonds is 10. The number of alkyl halides is 2. The Kier molecular flexibility index (Phi) is 9.04. The minimum atomic E-state index is -2.83. The van der Waals surface area contributed by atoms with Gasteiger partial charge >= 0.3 is 5.97 Å². The van der Waals surface area contributed by atoms with Gasteiger partial charge in [-0.05, 0) is 46.8 Å². The lowest BCUT2D eigenvalue weighted by Gasteiger charge is -2.36. The molecule has 9 nitrogen and oxygen atoms in total. The molecule has 0 radical (unpaired) electrons. The third-order valence-electron chi connectivity index (χ3n) is 8.09. The Morgan fingerprint density at radius 1 is 1.15 bits per heavy atom. The Labute approximate surface area is 228 Å². The molecule has 1 saturated carbocycles. The van der Waals surface area contributed by atoms with Crippen LogP contribution in [0.3, 0.4) is 0 Å². The van der Waals surface area contributed by atoms with Crippen LogP contribution in [0.1, 0.15) is 57.0 Å². The summed E-state index contributed by atoms with van der Waals surface area (Å²) in [7, 11) is 1.28. The van der Waals surface area contributed by atoms with Gasteiger partial charge in [-0.25, -0.2) is 13.6 Å². The Bertz CT molecular complexity index is 1090. The van der Waals surface area contributed by atoms with Crippen LogP contribution >= 0.6 is 0 Å². The first kappa shape index (κ1) is 30.5. The first-order valence-corrected chi connectivity index (χ1v) is 13.2. The number of piperidine rings is 1. The first-order chi connectivity index (χ1) is 18.1. The van der Waals surface area contributed by atoms with Crippen LogP contribution in [0.5, 0.6) is 0 Å². The summed E-state index contributed by atoms with van der Waals surface area (Å²) in [4.78, 5) is 52.6. The molecule has 0 aromatic heterocycles. The molecular weight excluding hydrogens is 510 g/mol. The second-order valence-corrected chi connectivity index (χ2v) is 12.2. The number of nitrogens with two attached hydrogens (primary N) is 1. The Morgan fingerprint density at radius 2 is 1.77 bits per heavy atom. The second-order valence-electron chi connectivity index (χ2n) is 12.2. The van der Waals surface area contributed by atoms with E-state index in [2.05, 4.69) is 15.4 Å². The van der Waals surface area contributed by atoms with Crippen LogP contribution in [-0.2, 0) is 25.5 Å². The van der Waals surface area contributed by atoms with E-state index in [0.29, 0.717) is 18.5 Å². The van der Waals surface area contributed by atoms with E-state index in [4.69, 9.17) is 5.73 Å². The van der Waals surface area contributed by atoms with Gasteiger partial charge < -0.3 is 26.0 Å². The number of nitrogens with one attached hydrogen (secondary N) is 2. The van der Waals surface area contributed by atoms with Crippen molar-refractivity contribution in [2.24, 2.45) is 28.4 Å². The van der Waals surface area contributed by atoms with Gasteiger partial charge in [-0.3, -0.25) is 14.4 Å². The molecule has 4 N–H and O–H groups in total. The zero-order chi connectivity index (χ0) is 29.3. The van der Waals surface area contributed by atoms with Crippen molar-refractivity contribution in [3.63, 3.8) is 0 Å². The molecule has 0 bridgehead atoms. The molecule has 11 heteroatoms. The lowest BCUT2D eigenvalue weighted by molar-refractivity contribution is -0.144. The van der Waals surface area contributed by atoms with Gasteiger partial charge in [0, 0.05) is 19.5 Å². The molecule has 1 heterocycles. The standard InChI is InChI=1S/C28H40F2N4O5/c1-27(2,3)22(31)25(37)34-14-17-20(28(17,4)5)21(34)24(36)33-18(13-19(29)30)23(35)32-12-11-15-7-9-16(10-8-15)26(38)39-6/h7-10,17-22H,11-14,31H2,1-6H3,(H,32,35)(H,33,36)/t17?,18-,20?,21-,22+/m0/s1. The number of nitrogens with zero attached hydrogens (tertiary/aromatic N) is 1. The molecule has 1 aliphatic heterocycles. The van der Waals surface area contributed by atoms with Crippen LogP contribution in [0, 0.1) is 22.7 Å². The molecule has 2 unspecified atom stereocenters. The van der Waals surface area contributed by atoms with E-state index in [1.54, 1.807) is 24.3 Å². The van der Waals surface area contributed by atoms with Gasteiger partial charge in [0.25, 0.3) is 0 Å². The van der Waals surface area contributed by atoms with E-state index in [-0.39, 0.29) is 29.7 Å². The minimum Gasteiger partial charge on any atom is -0.465 e. The lowest BCUT2D eigenvalue weighted by Crippen LogP contribution is -2.59. The van der Waals surface area contributed by atoms with Crippen LogP contribution in [0.2, 0.25) is 0 Å². The number of hydrogen-bond acceptors (Lipinski definition) is 6. The molecule has 1 aromatic carbocycles. The Hall–Kier alpha value is -3.08. The topological polar surface area (TPSA) is 131 Å². The molecule has 3 amide bonds. The zero-order valence-corrected chi connectivity index (χ0v) is 23.4. The molecule has 2 fully saturated rings. The quantitative estimate of drug-likeness (QED) is 0.383. The van der Waals surface area contributed by atoms with Crippen molar-refractivity contribution in [3.05, 3.63) is 35.4 Å². The molecule has 5 atom stereocenters. The number of amides is 3. The zero-order valence-electron chi connectivity index (χ0n) is 23.4. The number of halogens is 2. The highest BCUT2D eigenvalue weighted by molar-refractivity contribution is 5.94. The second kappa shape index (κ2) is 11.6. The van der Waals surface area contributed by atoms with Gasteiger partial charge in [0.1, 0.15) is 12.1 Å². The number of carbonyl (C=O) groups excluding carboxylic acids is 4. The maximum atomic E-state index is 13.5. The Morgan fingerprint density at radius 3 is 2.31 bits per heavy atom. The molecular formula is C28H40F2N4O5. The van der Waals surface area contributed by atoms with E-state index in [1.807, 2.05) is 34.6 Å². The summed E-state index contributed by atoms with van der Waals surface area (Å²) in [5.41, 5.74) is 6.69. The van der Waals surface area contributed by atoms with Crippen LogP contribution < -0.4 is 16.4 Å². The van der Waals surface area contributed by atoms with Gasteiger partial charge in [-0.1, -0.05) is 46.8 Å². The molecule has 0 spiro atoms. The van der Waals surface area contributed by atoms with Crippen molar-refractivity contribution >= 4 is 23.7 Å². The highest BCUT2D eigenvalue weighted by Gasteiger charge is 2.69. The monoisotopic (exact) mass is 550 g/mol. The number of hydrogen-bond donors (Lipinski definition) is 3. The smallest absolute Gasteiger partial charge is 0.337 e. The fourth-order valence-electron chi connectivity index (χ4n) is 5.41. The molecule has 1 aromatic rings. The number of ether oxygens (including phenoxy) is 1. The highest BCUT2D eigenvalue weighted by Crippen LogP contribution is 2.65. The number of carbonyl (C=O) groups is 4. The number of methoxy groups -OCH3 is 1. The predicted octanol–water partition coefficient (Wildman–Crippen LogP) is 2.13. The summed E-state index contributed by atoms with van der Waals surface area (Å²) in [5.74, 6) is -2.23. The van der Waals surface area contributed by atoms with Gasteiger partial charge in [0.15, 0.2) is 0 Å². The maximum absolute atomic E-state index is 13.5. The molecule has 2 aliphatic rings. The maximum Gasteiger partial charge on any atom is 0.337 e. The minimum absolute atomic E-state index is 0.0947. The number of likely N-dealkylation sites (tertiary alicyclic amines) is 1. The van der Waals surface area contributed by atoms with Crippen molar-refractivity contribution in [2.45, 2.75) is 72.0 Å². The number of fused-ring (bicyclic) bond motifs is 1. The van der Waals surface area contributed by atoms with Crippen LogP contribution in [0.25, 0.3) is 0 Å². The SMILES string of the molecule is COC(=O)c1ccc(CCNC(=O)[C@H](CC(F)F)NC(=O)[C@@H]2C3C(CN2C(=O)[C@@H](N)C(C)(C)C)C3(C)C)cc1. The predicted molar refractivity (Wildman–Crippen MR) is 141 cm³/mol. The molecule has 3 rings (SSSR count). The van der Waals surface area contributed by atoms with Crippen molar-refractivity contribution in [1.82, 2.24) is 15.5 Å². The van der Waals surface area contributed by atoms with Crippen molar-refractivity contribution in [3.8, 4) is 0 Å². The van der Waals surface area contributed by atoms with Gasteiger partial charge in [0.2, 0.25) is 24.1 Å². The number of benzene rings is 1. The van der Waals surface area contributed by atoms with E-state index >= 15 is 0 Å². The fourth-order valence-corrected chi connectivity index (χ4v) is 5.41. The van der Waals surface area contributed by atoms with Crippen LogP contribution in [0.4, 0.5) is 8.78 Å². The third kappa shape index (κ3) is 6.74. The fraction of sp³-hybridized carbons (Fsp3) is 0.643. The van der Waals surface area contributed by atoms with E-state index in [1.165, 1.54) is 12.0 Å². The summed E-state index contributed by atoms with van der Waals surface area (Å²) in [6, 6.07) is 3.42.